The van der Waals surface area contributed by atoms with Gasteiger partial charge in [-0.05, 0) is 31.5 Å². The normalized spacial score (nSPS) is 12.0. The third-order valence-electron chi connectivity index (χ3n) is 2.44. The zero-order chi connectivity index (χ0) is 13.5. The van der Waals surface area contributed by atoms with Crippen molar-refractivity contribution in [3.63, 3.8) is 0 Å². The van der Waals surface area contributed by atoms with E-state index >= 15 is 0 Å². The summed E-state index contributed by atoms with van der Waals surface area (Å²) < 4.78 is 5.45. The van der Waals surface area contributed by atoms with Gasteiger partial charge in [0.1, 0.15) is 5.75 Å². The van der Waals surface area contributed by atoms with E-state index in [1.54, 1.807) is 12.1 Å². The number of halogens is 1. The van der Waals surface area contributed by atoms with Gasteiger partial charge < -0.3 is 15.8 Å². The molecule has 3 N–H and O–H groups in total. The van der Waals surface area contributed by atoms with Gasteiger partial charge in [0.2, 0.25) is 5.91 Å². The van der Waals surface area contributed by atoms with Crippen LogP contribution < -0.4 is 15.8 Å². The quantitative estimate of drug-likeness (QED) is 0.833. The molecule has 0 aliphatic heterocycles. The lowest BCUT2D eigenvalue weighted by Gasteiger charge is -2.11. The Morgan fingerprint density at radius 3 is 2.83 bits per heavy atom. The van der Waals surface area contributed by atoms with E-state index in [-0.39, 0.29) is 11.9 Å². The van der Waals surface area contributed by atoms with Crippen molar-refractivity contribution in [2.45, 2.75) is 26.3 Å². The summed E-state index contributed by atoms with van der Waals surface area (Å²) in [5.74, 6) is 0.547. The fourth-order valence-corrected chi connectivity index (χ4v) is 1.70. The van der Waals surface area contributed by atoms with Gasteiger partial charge in [0.15, 0.2) is 0 Å². The van der Waals surface area contributed by atoms with Crippen LogP contribution in [0.4, 0.5) is 0 Å². The largest absolute Gasteiger partial charge is 0.491 e. The maximum atomic E-state index is 11.2. The van der Waals surface area contributed by atoms with Crippen LogP contribution in [0.2, 0.25) is 5.02 Å². The highest BCUT2D eigenvalue weighted by molar-refractivity contribution is 6.32. The number of hydrogen-bond donors (Lipinski definition) is 2. The second-order valence-electron chi connectivity index (χ2n) is 4.03. The van der Waals surface area contributed by atoms with Gasteiger partial charge in [-0.15, -0.1) is 0 Å². The predicted molar refractivity (Wildman–Crippen MR) is 72.9 cm³/mol. The van der Waals surface area contributed by atoms with Crippen molar-refractivity contribution in [3.8, 4) is 5.75 Å². The molecule has 1 aromatic rings. The van der Waals surface area contributed by atoms with E-state index in [1.165, 1.54) is 0 Å². The third-order valence-corrected chi connectivity index (χ3v) is 2.74. The van der Waals surface area contributed by atoms with Crippen LogP contribution in [0.15, 0.2) is 18.2 Å². The molecule has 0 saturated heterocycles. The molecule has 4 nitrogen and oxygen atoms in total. The number of benzene rings is 1. The number of amides is 1. The van der Waals surface area contributed by atoms with Gasteiger partial charge in [-0.3, -0.25) is 4.79 Å². The van der Waals surface area contributed by atoms with Crippen LogP contribution in [0, 0.1) is 0 Å². The molecule has 0 aromatic heterocycles. The molecule has 5 heteroatoms. The predicted octanol–water partition coefficient (Wildman–Crippen LogP) is 2.26. The summed E-state index contributed by atoms with van der Waals surface area (Å²) in [6.45, 7) is 4.70. The molecule has 1 aromatic carbocycles. The Balaban J connectivity index is 2.50. The molecule has 0 bridgehead atoms. The Morgan fingerprint density at radius 1 is 1.56 bits per heavy atom. The second kappa shape index (κ2) is 7.24. The highest BCUT2D eigenvalue weighted by Crippen LogP contribution is 2.27. The topological polar surface area (TPSA) is 64.3 Å². The van der Waals surface area contributed by atoms with E-state index in [2.05, 4.69) is 5.32 Å². The summed E-state index contributed by atoms with van der Waals surface area (Å²) >= 11 is 6.07. The van der Waals surface area contributed by atoms with Crippen LogP contribution in [-0.2, 0) is 4.79 Å². The van der Waals surface area contributed by atoms with Crippen LogP contribution >= 0.6 is 11.6 Å². The van der Waals surface area contributed by atoms with Gasteiger partial charge in [-0.1, -0.05) is 17.7 Å². The number of hydrogen-bond acceptors (Lipinski definition) is 3. The van der Waals surface area contributed by atoms with Crippen LogP contribution in [0.3, 0.4) is 0 Å². The number of nitrogens with two attached hydrogens (primary N) is 1. The zero-order valence-corrected chi connectivity index (χ0v) is 11.5. The summed E-state index contributed by atoms with van der Waals surface area (Å²) in [6.07, 6.45) is 0.319. The molecule has 0 aliphatic rings. The number of rotatable bonds is 6. The molecule has 1 amide bonds. The first-order valence-corrected chi connectivity index (χ1v) is 6.37. The van der Waals surface area contributed by atoms with Gasteiger partial charge >= 0.3 is 0 Å². The van der Waals surface area contributed by atoms with E-state index in [1.807, 2.05) is 19.9 Å². The Bertz CT molecular complexity index is 408. The average Bonchev–Trinajstić information content (AvgIpc) is 2.31. The van der Waals surface area contributed by atoms with Gasteiger partial charge in [-0.25, -0.2) is 0 Å². The Hall–Kier alpha value is -1.26. The molecular formula is C13H19ClN2O2. The van der Waals surface area contributed by atoms with Gasteiger partial charge in [-0.2, -0.15) is 0 Å². The lowest BCUT2D eigenvalue weighted by molar-refractivity contribution is -0.121. The number of carbonyl (C=O) groups excluding carboxylic acids is 1. The molecule has 0 spiro atoms. The maximum Gasteiger partial charge on any atom is 0.223 e. The molecular weight excluding hydrogens is 252 g/mol. The summed E-state index contributed by atoms with van der Waals surface area (Å²) in [6, 6.07) is 5.37. The first kappa shape index (κ1) is 14.8. The van der Waals surface area contributed by atoms with E-state index in [9.17, 15) is 4.79 Å². The minimum Gasteiger partial charge on any atom is -0.491 e. The SMILES string of the molecule is CCNC(=O)CCOc1ccc(C(C)N)cc1Cl. The molecule has 0 heterocycles. The van der Waals surface area contributed by atoms with Crippen molar-refractivity contribution in [1.82, 2.24) is 5.32 Å². The standard InChI is InChI=1S/C13H19ClN2O2/c1-3-16-13(17)6-7-18-12-5-4-10(9(2)15)8-11(12)14/h4-5,8-9H,3,6-7,15H2,1-2H3,(H,16,17). The smallest absolute Gasteiger partial charge is 0.223 e. The first-order valence-electron chi connectivity index (χ1n) is 5.99. The highest BCUT2D eigenvalue weighted by Gasteiger charge is 2.06. The van der Waals surface area contributed by atoms with E-state index in [0.717, 1.165) is 5.56 Å². The highest BCUT2D eigenvalue weighted by atomic mass is 35.5. The lowest BCUT2D eigenvalue weighted by atomic mass is 10.1. The summed E-state index contributed by atoms with van der Waals surface area (Å²) in [5, 5.41) is 3.22. The average molecular weight is 271 g/mol. The Labute approximate surface area is 112 Å². The first-order chi connectivity index (χ1) is 8.54. The molecule has 1 atom stereocenters. The Kier molecular flexibility index (Phi) is 5.95. The summed E-state index contributed by atoms with van der Waals surface area (Å²) in [4.78, 5) is 11.2. The van der Waals surface area contributed by atoms with Gasteiger partial charge in [0, 0.05) is 12.6 Å². The van der Waals surface area contributed by atoms with E-state index < -0.39 is 0 Å². The summed E-state index contributed by atoms with van der Waals surface area (Å²) in [7, 11) is 0. The van der Waals surface area contributed by atoms with Crippen LogP contribution in [-0.4, -0.2) is 19.1 Å². The van der Waals surface area contributed by atoms with Crippen LogP contribution in [0.25, 0.3) is 0 Å². The molecule has 0 saturated carbocycles. The number of carbonyl (C=O) groups is 1. The van der Waals surface area contributed by atoms with E-state index in [0.29, 0.717) is 30.3 Å². The molecule has 100 valence electrons. The lowest BCUT2D eigenvalue weighted by Crippen LogP contribution is -2.24. The van der Waals surface area contributed by atoms with Crippen molar-refractivity contribution in [2.24, 2.45) is 5.73 Å². The minimum absolute atomic E-state index is 0.0270. The maximum absolute atomic E-state index is 11.2. The zero-order valence-electron chi connectivity index (χ0n) is 10.7. The van der Waals surface area contributed by atoms with Crippen molar-refractivity contribution in [1.29, 1.82) is 0 Å². The van der Waals surface area contributed by atoms with Crippen molar-refractivity contribution < 1.29 is 9.53 Å². The number of nitrogens with one attached hydrogen (secondary N) is 1. The second-order valence-corrected chi connectivity index (χ2v) is 4.44. The molecule has 0 radical (unpaired) electrons. The van der Waals surface area contributed by atoms with Crippen LogP contribution in [0.1, 0.15) is 31.9 Å². The molecule has 1 unspecified atom stereocenters. The summed E-state index contributed by atoms with van der Waals surface area (Å²) in [5.41, 5.74) is 6.71. The van der Waals surface area contributed by atoms with Crippen molar-refractivity contribution >= 4 is 17.5 Å². The fraction of sp³-hybridized carbons (Fsp3) is 0.462. The molecule has 1 rings (SSSR count). The van der Waals surface area contributed by atoms with Crippen LogP contribution in [0.5, 0.6) is 5.75 Å². The monoisotopic (exact) mass is 270 g/mol. The fourth-order valence-electron chi connectivity index (χ4n) is 1.46. The number of ether oxygens (including phenoxy) is 1. The molecule has 18 heavy (non-hydrogen) atoms. The molecule has 0 fully saturated rings. The van der Waals surface area contributed by atoms with Gasteiger partial charge in [0.25, 0.3) is 0 Å². The van der Waals surface area contributed by atoms with Crippen molar-refractivity contribution in [3.05, 3.63) is 28.8 Å². The van der Waals surface area contributed by atoms with Crippen molar-refractivity contribution in [2.75, 3.05) is 13.2 Å². The van der Waals surface area contributed by atoms with E-state index in [4.69, 9.17) is 22.1 Å². The minimum atomic E-state index is -0.0631. The third kappa shape index (κ3) is 4.55. The molecule has 0 aliphatic carbocycles. The van der Waals surface area contributed by atoms with Gasteiger partial charge in [0.05, 0.1) is 18.1 Å². The Morgan fingerprint density at radius 2 is 2.28 bits per heavy atom.